The zero-order valence-corrected chi connectivity index (χ0v) is 13.4. The molecule has 1 N–H and O–H groups in total. The Balaban J connectivity index is 1.58. The van der Waals surface area contributed by atoms with Crippen molar-refractivity contribution in [2.75, 3.05) is 7.11 Å². The van der Waals surface area contributed by atoms with Crippen molar-refractivity contribution in [3.63, 3.8) is 0 Å². The molecule has 2 saturated carbocycles. The molecule has 0 aliphatic heterocycles. The second-order valence-corrected chi connectivity index (χ2v) is 6.66. The molecule has 2 aliphatic rings. The Kier molecular flexibility index (Phi) is 4.55. The van der Waals surface area contributed by atoms with Gasteiger partial charge in [0.1, 0.15) is 6.61 Å². The quantitative estimate of drug-likeness (QED) is 0.848. The van der Waals surface area contributed by atoms with Crippen molar-refractivity contribution in [1.29, 1.82) is 0 Å². The number of carbonyl (C=O) groups excluding carboxylic acids is 2. The number of fused-ring (bicyclic) bond motifs is 2. The van der Waals surface area contributed by atoms with Gasteiger partial charge in [0.2, 0.25) is 0 Å². The molecule has 124 valence electrons. The van der Waals surface area contributed by atoms with Crippen molar-refractivity contribution < 1.29 is 19.1 Å². The maximum Gasteiger partial charge on any atom is 0.407 e. The number of esters is 1. The van der Waals surface area contributed by atoms with E-state index in [2.05, 4.69) is 5.32 Å². The molecule has 0 radical (unpaired) electrons. The summed E-state index contributed by atoms with van der Waals surface area (Å²) in [6.45, 7) is 0.258. The van der Waals surface area contributed by atoms with E-state index in [4.69, 9.17) is 9.47 Å². The molecule has 5 nitrogen and oxygen atoms in total. The van der Waals surface area contributed by atoms with E-state index in [0.717, 1.165) is 31.2 Å². The Morgan fingerprint density at radius 1 is 1.30 bits per heavy atom. The number of benzene rings is 1. The van der Waals surface area contributed by atoms with Gasteiger partial charge in [-0.3, -0.25) is 4.79 Å². The van der Waals surface area contributed by atoms with Gasteiger partial charge in [-0.2, -0.15) is 0 Å². The van der Waals surface area contributed by atoms with Crippen LogP contribution in [-0.4, -0.2) is 24.7 Å². The highest BCUT2D eigenvalue weighted by atomic mass is 16.5. The Labute approximate surface area is 136 Å². The zero-order chi connectivity index (χ0) is 16.3. The molecule has 3 unspecified atom stereocenters. The largest absolute Gasteiger partial charge is 0.469 e. The van der Waals surface area contributed by atoms with Crippen LogP contribution in [0.25, 0.3) is 0 Å². The van der Waals surface area contributed by atoms with Crippen molar-refractivity contribution in [2.24, 2.45) is 11.8 Å². The number of amides is 1. The summed E-state index contributed by atoms with van der Waals surface area (Å²) in [6.07, 6.45) is 3.91. The molecule has 1 aromatic rings. The second kappa shape index (κ2) is 6.60. The number of alkyl carbamates (subject to hydrolysis) is 1. The van der Waals surface area contributed by atoms with E-state index >= 15 is 0 Å². The number of methoxy groups -OCH3 is 1. The maximum atomic E-state index is 12.2. The van der Waals surface area contributed by atoms with Crippen LogP contribution in [0.4, 0.5) is 4.79 Å². The summed E-state index contributed by atoms with van der Waals surface area (Å²) in [4.78, 5) is 23.8. The molecule has 2 bridgehead atoms. The van der Waals surface area contributed by atoms with Gasteiger partial charge >= 0.3 is 12.1 Å². The number of hydrogen-bond donors (Lipinski definition) is 1. The van der Waals surface area contributed by atoms with Gasteiger partial charge in [0.25, 0.3) is 0 Å². The van der Waals surface area contributed by atoms with E-state index in [-0.39, 0.29) is 24.0 Å². The predicted octanol–water partition coefficient (Wildman–Crippen LogP) is 3.03. The molecule has 2 fully saturated rings. The highest BCUT2D eigenvalue weighted by Crippen LogP contribution is 2.52. The lowest BCUT2D eigenvalue weighted by Gasteiger charge is -2.35. The summed E-state index contributed by atoms with van der Waals surface area (Å²) in [5.41, 5.74) is 0.661. The highest BCUT2D eigenvalue weighted by Gasteiger charge is 2.53. The summed E-state index contributed by atoms with van der Waals surface area (Å²) < 4.78 is 10.1. The lowest BCUT2D eigenvalue weighted by Crippen LogP contribution is -2.51. The lowest BCUT2D eigenvalue weighted by atomic mass is 9.80. The van der Waals surface area contributed by atoms with Gasteiger partial charge in [-0.15, -0.1) is 0 Å². The normalized spacial score (nSPS) is 28.4. The molecule has 0 spiro atoms. The number of hydrogen-bond acceptors (Lipinski definition) is 4. The molecule has 0 heterocycles. The minimum Gasteiger partial charge on any atom is -0.469 e. The summed E-state index contributed by atoms with van der Waals surface area (Å²) in [5.74, 6) is 0.540. The monoisotopic (exact) mass is 317 g/mol. The Morgan fingerprint density at radius 3 is 2.78 bits per heavy atom. The number of carbonyl (C=O) groups is 2. The van der Waals surface area contributed by atoms with Crippen molar-refractivity contribution in [2.45, 2.75) is 44.2 Å². The SMILES string of the molecule is COC(=O)CC1CC2CCC1(NC(=O)OCc1ccccc1)C2. The molecule has 3 rings (SSSR count). The summed E-state index contributed by atoms with van der Waals surface area (Å²) in [6, 6.07) is 9.61. The van der Waals surface area contributed by atoms with Crippen LogP contribution in [0.15, 0.2) is 30.3 Å². The van der Waals surface area contributed by atoms with Gasteiger partial charge < -0.3 is 14.8 Å². The van der Waals surface area contributed by atoms with Gasteiger partial charge in [-0.25, -0.2) is 4.79 Å². The summed E-state index contributed by atoms with van der Waals surface area (Å²) in [7, 11) is 1.41. The second-order valence-electron chi connectivity index (χ2n) is 6.66. The maximum absolute atomic E-state index is 12.2. The van der Waals surface area contributed by atoms with E-state index in [0.29, 0.717) is 12.3 Å². The van der Waals surface area contributed by atoms with E-state index in [1.165, 1.54) is 7.11 Å². The molecular formula is C18H23NO4. The number of rotatable bonds is 5. The van der Waals surface area contributed by atoms with Crippen LogP contribution in [0.3, 0.4) is 0 Å². The first kappa shape index (κ1) is 15.8. The van der Waals surface area contributed by atoms with E-state index in [1.54, 1.807) is 0 Å². The third-order valence-electron chi connectivity index (χ3n) is 5.26. The van der Waals surface area contributed by atoms with Crippen LogP contribution in [0.1, 0.15) is 37.7 Å². The molecule has 2 aliphatic carbocycles. The fraction of sp³-hybridized carbons (Fsp3) is 0.556. The zero-order valence-electron chi connectivity index (χ0n) is 13.4. The Morgan fingerprint density at radius 2 is 2.09 bits per heavy atom. The van der Waals surface area contributed by atoms with Gasteiger partial charge in [0, 0.05) is 5.54 Å². The van der Waals surface area contributed by atoms with Crippen molar-refractivity contribution in [1.82, 2.24) is 5.32 Å². The number of nitrogens with one attached hydrogen (secondary N) is 1. The molecule has 0 saturated heterocycles. The smallest absolute Gasteiger partial charge is 0.407 e. The topological polar surface area (TPSA) is 64.6 Å². The lowest BCUT2D eigenvalue weighted by molar-refractivity contribution is -0.142. The first-order chi connectivity index (χ1) is 11.1. The average Bonchev–Trinajstić information content (AvgIpc) is 3.11. The van der Waals surface area contributed by atoms with Crippen molar-refractivity contribution in [3.05, 3.63) is 35.9 Å². The van der Waals surface area contributed by atoms with E-state index in [1.807, 2.05) is 30.3 Å². The fourth-order valence-corrected chi connectivity index (χ4v) is 4.12. The van der Waals surface area contributed by atoms with E-state index < -0.39 is 6.09 Å². The van der Waals surface area contributed by atoms with Gasteiger partial charge in [0.05, 0.1) is 13.5 Å². The van der Waals surface area contributed by atoms with Gasteiger partial charge in [0.15, 0.2) is 0 Å². The molecule has 0 aromatic heterocycles. The molecular weight excluding hydrogens is 294 g/mol. The van der Waals surface area contributed by atoms with Crippen molar-refractivity contribution in [3.8, 4) is 0 Å². The standard InChI is InChI=1S/C18H23NO4/c1-22-16(20)10-15-9-14-7-8-18(15,11-14)19-17(21)23-12-13-5-3-2-4-6-13/h2-6,14-15H,7-12H2,1H3,(H,19,21). The van der Waals surface area contributed by atoms with Crippen LogP contribution in [0.2, 0.25) is 0 Å². The third kappa shape index (κ3) is 3.49. The van der Waals surface area contributed by atoms with Crippen LogP contribution in [0.5, 0.6) is 0 Å². The predicted molar refractivity (Wildman–Crippen MR) is 84.6 cm³/mol. The molecule has 1 amide bonds. The minimum absolute atomic E-state index is 0.151. The van der Waals surface area contributed by atoms with Crippen LogP contribution >= 0.6 is 0 Å². The molecule has 23 heavy (non-hydrogen) atoms. The van der Waals surface area contributed by atoms with Crippen molar-refractivity contribution >= 4 is 12.1 Å². The molecule has 1 aromatic carbocycles. The average molecular weight is 317 g/mol. The Bertz CT molecular complexity index is 574. The first-order valence-electron chi connectivity index (χ1n) is 8.17. The first-order valence-corrected chi connectivity index (χ1v) is 8.17. The molecule has 5 heteroatoms. The van der Waals surface area contributed by atoms with Crippen LogP contribution in [0, 0.1) is 11.8 Å². The Hall–Kier alpha value is -2.04. The molecule has 3 atom stereocenters. The van der Waals surface area contributed by atoms with Gasteiger partial charge in [-0.1, -0.05) is 30.3 Å². The van der Waals surface area contributed by atoms with Crippen LogP contribution < -0.4 is 5.32 Å². The van der Waals surface area contributed by atoms with E-state index in [9.17, 15) is 9.59 Å². The summed E-state index contributed by atoms with van der Waals surface area (Å²) >= 11 is 0. The summed E-state index contributed by atoms with van der Waals surface area (Å²) in [5, 5.41) is 3.06. The fourth-order valence-electron chi connectivity index (χ4n) is 4.12. The third-order valence-corrected chi connectivity index (χ3v) is 5.26. The highest BCUT2D eigenvalue weighted by molar-refractivity contribution is 5.71. The minimum atomic E-state index is -0.397. The van der Waals surface area contributed by atoms with Gasteiger partial charge in [-0.05, 0) is 43.1 Å². The van der Waals surface area contributed by atoms with Crippen LogP contribution in [-0.2, 0) is 20.9 Å². The number of ether oxygens (including phenoxy) is 2.